The van der Waals surface area contributed by atoms with Crippen LogP contribution in [0.4, 0.5) is 0 Å². The van der Waals surface area contributed by atoms with E-state index < -0.39 is 0 Å². The van der Waals surface area contributed by atoms with Crippen molar-refractivity contribution in [2.75, 3.05) is 6.54 Å². The van der Waals surface area contributed by atoms with Crippen molar-refractivity contribution in [1.82, 2.24) is 15.5 Å². The molecule has 1 aromatic heterocycles. The van der Waals surface area contributed by atoms with E-state index >= 15 is 0 Å². The number of hydrogen-bond donors (Lipinski definition) is 1. The van der Waals surface area contributed by atoms with Crippen molar-refractivity contribution in [3.8, 4) is 0 Å². The van der Waals surface area contributed by atoms with Crippen LogP contribution in [0.1, 0.15) is 57.2 Å². The second kappa shape index (κ2) is 6.74. The van der Waals surface area contributed by atoms with Gasteiger partial charge < -0.3 is 9.73 Å². The number of aromatic nitrogens is 2. The first-order valence-electron chi connectivity index (χ1n) is 6.90. The van der Waals surface area contributed by atoms with Crippen LogP contribution in [0.3, 0.4) is 0 Å². The molecule has 1 N–H and O–H groups in total. The fourth-order valence-electron chi connectivity index (χ4n) is 2.46. The molecule has 2 rings (SSSR count). The summed E-state index contributed by atoms with van der Waals surface area (Å²) in [5.41, 5.74) is 0. The van der Waals surface area contributed by atoms with Crippen LogP contribution >= 0.6 is 0 Å². The maximum Gasteiger partial charge on any atom is 0.230 e. The number of aryl methyl sites for hydroxylation is 1. The Morgan fingerprint density at radius 1 is 1.24 bits per heavy atom. The summed E-state index contributed by atoms with van der Waals surface area (Å²) >= 11 is 0. The molecule has 1 saturated carbocycles. The van der Waals surface area contributed by atoms with Crippen molar-refractivity contribution < 1.29 is 4.42 Å². The number of rotatable bonds is 7. The van der Waals surface area contributed by atoms with Crippen molar-refractivity contribution in [2.45, 2.75) is 58.4 Å². The van der Waals surface area contributed by atoms with Gasteiger partial charge in [0.1, 0.15) is 0 Å². The van der Waals surface area contributed by atoms with Gasteiger partial charge in [-0.1, -0.05) is 32.6 Å². The Morgan fingerprint density at radius 3 is 2.76 bits per heavy atom. The highest BCUT2D eigenvalue weighted by atomic mass is 16.4. The molecule has 0 amide bonds. The Balaban J connectivity index is 1.69. The molecule has 17 heavy (non-hydrogen) atoms. The first-order valence-corrected chi connectivity index (χ1v) is 6.90. The van der Waals surface area contributed by atoms with Crippen molar-refractivity contribution >= 4 is 0 Å². The lowest BCUT2D eigenvalue weighted by Crippen LogP contribution is -2.13. The summed E-state index contributed by atoms with van der Waals surface area (Å²) in [4.78, 5) is 0. The summed E-state index contributed by atoms with van der Waals surface area (Å²) in [7, 11) is 0. The molecule has 4 nitrogen and oxygen atoms in total. The van der Waals surface area contributed by atoms with Gasteiger partial charge >= 0.3 is 0 Å². The minimum atomic E-state index is 0.699. The van der Waals surface area contributed by atoms with Crippen molar-refractivity contribution in [3.63, 3.8) is 0 Å². The molecule has 1 aromatic rings. The summed E-state index contributed by atoms with van der Waals surface area (Å²) in [6.45, 7) is 3.85. The van der Waals surface area contributed by atoms with Gasteiger partial charge in [-0.05, 0) is 25.3 Å². The van der Waals surface area contributed by atoms with Crippen LogP contribution < -0.4 is 5.32 Å². The third kappa shape index (κ3) is 4.11. The predicted octanol–water partition coefficient (Wildman–Crippen LogP) is 2.69. The minimum Gasteiger partial charge on any atom is -0.424 e. The van der Waals surface area contributed by atoms with Crippen LogP contribution in [-0.4, -0.2) is 16.7 Å². The highest BCUT2D eigenvalue weighted by Gasteiger charge is 2.16. The largest absolute Gasteiger partial charge is 0.424 e. The SMILES string of the molecule is CCCNCc1nnc(CCC2CCCC2)o1. The molecule has 0 spiro atoms. The zero-order chi connectivity index (χ0) is 11.9. The highest BCUT2D eigenvalue weighted by molar-refractivity contribution is 4.83. The molecule has 0 aliphatic heterocycles. The molecule has 1 heterocycles. The maximum atomic E-state index is 5.61. The Labute approximate surface area is 103 Å². The van der Waals surface area contributed by atoms with Gasteiger partial charge in [0.05, 0.1) is 6.54 Å². The standard InChI is InChI=1S/C13H23N3O/c1-2-9-14-10-13-16-15-12(17-13)8-7-11-5-3-4-6-11/h11,14H,2-10H2,1H3. The summed E-state index contributed by atoms with van der Waals surface area (Å²) in [6, 6.07) is 0. The quantitative estimate of drug-likeness (QED) is 0.741. The summed E-state index contributed by atoms with van der Waals surface area (Å²) in [6.07, 6.45) is 8.87. The van der Waals surface area contributed by atoms with E-state index in [9.17, 15) is 0 Å². The molecule has 0 atom stereocenters. The van der Waals surface area contributed by atoms with Gasteiger partial charge in [0.15, 0.2) is 0 Å². The van der Waals surface area contributed by atoms with Gasteiger partial charge in [-0.15, -0.1) is 10.2 Å². The van der Waals surface area contributed by atoms with E-state index in [0.717, 1.165) is 37.1 Å². The van der Waals surface area contributed by atoms with Gasteiger partial charge in [0.25, 0.3) is 0 Å². The average Bonchev–Trinajstić information content (AvgIpc) is 2.98. The van der Waals surface area contributed by atoms with E-state index in [1.54, 1.807) is 0 Å². The van der Waals surface area contributed by atoms with E-state index in [1.807, 2.05) is 0 Å². The molecule has 0 aromatic carbocycles. The van der Waals surface area contributed by atoms with Crippen molar-refractivity contribution in [1.29, 1.82) is 0 Å². The Hall–Kier alpha value is -0.900. The molecule has 96 valence electrons. The van der Waals surface area contributed by atoms with Gasteiger partial charge in [-0.25, -0.2) is 0 Å². The van der Waals surface area contributed by atoms with Crippen LogP contribution in [0, 0.1) is 5.92 Å². The molecule has 1 aliphatic carbocycles. The topological polar surface area (TPSA) is 51.0 Å². The monoisotopic (exact) mass is 237 g/mol. The first kappa shape index (κ1) is 12.6. The van der Waals surface area contributed by atoms with Crippen molar-refractivity contribution in [3.05, 3.63) is 11.8 Å². The molecular formula is C13H23N3O. The fourth-order valence-corrected chi connectivity index (χ4v) is 2.46. The third-order valence-corrected chi connectivity index (χ3v) is 3.45. The molecular weight excluding hydrogens is 214 g/mol. The van der Waals surface area contributed by atoms with Crippen LogP contribution in [0.5, 0.6) is 0 Å². The van der Waals surface area contributed by atoms with Gasteiger partial charge in [-0.3, -0.25) is 0 Å². The van der Waals surface area contributed by atoms with Crippen molar-refractivity contribution in [2.24, 2.45) is 5.92 Å². The smallest absolute Gasteiger partial charge is 0.230 e. The molecule has 1 fully saturated rings. The predicted molar refractivity (Wildman–Crippen MR) is 66.6 cm³/mol. The molecule has 1 aliphatic rings. The van der Waals surface area contributed by atoms with Gasteiger partial charge in [0, 0.05) is 6.42 Å². The third-order valence-electron chi connectivity index (χ3n) is 3.45. The maximum absolute atomic E-state index is 5.61. The Bertz CT molecular complexity index is 318. The Kier molecular flexibility index (Phi) is 4.98. The van der Waals surface area contributed by atoms with Crippen LogP contribution in [0.2, 0.25) is 0 Å². The second-order valence-corrected chi connectivity index (χ2v) is 4.96. The molecule has 0 saturated heterocycles. The zero-order valence-electron chi connectivity index (χ0n) is 10.7. The summed E-state index contributed by atoms with van der Waals surface area (Å²) in [5, 5.41) is 11.4. The lowest BCUT2D eigenvalue weighted by Gasteiger charge is -2.04. The van der Waals surface area contributed by atoms with Crippen LogP contribution in [-0.2, 0) is 13.0 Å². The summed E-state index contributed by atoms with van der Waals surface area (Å²) < 4.78 is 5.61. The number of nitrogens with one attached hydrogen (secondary N) is 1. The zero-order valence-corrected chi connectivity index (χ0v) is 10.7. The van der Waals surface area contributed by atoms with E-state index in [2.05, 4.69) is 22.4 Å². The lowest BCUT2D eigenvalue weighted by molar-refractivity contribution is 0.406. The number of hydrogen-bond acceptors (Lipinski definition) is 4. The van der Waals surface area contributed by atoms with E-state index in [1.165, 1.54) is 32.1 Å². The van der Waals surface area contributed by atoms with Gasteiger partial charge in [0.2, 0.25) is 11.8 Å². The fraction of sp³-hybridized carbons (Fsp3) is 0.846. The average molecular weight is 237 g/mol. The highest BCUT2D eigenvalue weighted by Crippen LogP contribution is 2.28. The van der Waals surface area contributed by atoms with Crippen LogP contribution in [0.25, 0.3) is 0 Å². The first-order chi connectivity index (χ1) is 8.38. The molecule has 0 unspecified atom stereocenters. The van der Waals surface area contributed by atoms with E-state index in [4.69, 9.17) is 4.42 Å². The molecule has 0 bridgehead atoms. The van der Waals surface area contributed by atoms with Gasteiger partial charge in [-0.2, -0.15) is 0 Å². The summed E-state index contributed by atoms with van der Waals surface area (Å²) in [5.74, 6) is 2.42. The Morgan fingerprint density at radius 2 is 2.00 bits per heavy atom. The lowest BCUT2D eigenvalue weighted by atomic mass is 10.0. The normalized spacial score (nSPS) is 16.8. The van der Waals surface area contributed by atoms with E-state index in [-0.39, 0.29) is 0 Å². The molecule has 4 heteroatoms. The number of nitrogens with zero attached hydrogens (tertiary/aromatic N) is 2. The minimum absolute atomic E-state index is 0.699. The van der Waals surface area contributed by atoms with E-state index in [0.29, 0.717) is 6.54 Å². The molecule has 0 radical (unpaired) electrons. The van der Waals surface area contributed by atoms with Crippen LogP contribution in [0.15, 0.2) is 4.42 Å². The second-order valence-electron chi connectivity index (χ2n) is 4.96.